The number of anilines is 1. The third-order valence-corrected chi connectivity index (χ3v) is 2.89. The van der Waals surface area contributed by atoms with Gasteiger partial charge in [-0.2, -0.15) is 0 Å². The molecule has 0 radical (unpaired) electrons. The second-order valence-electron chi connectivity index (χ2n) is 4.08. The predicted octanol–water partition coefficient (Wildman–Crippen LogP) is 1.61. The number of para-hydroxylation sites is 1. The van der Waals surface area contributed by atoms with Crippen LogP contribution >= 0.6 is 0 Å². The molecule has 2 rings (SSSR count). The number of aliphatic carboxylic acids is 1. The summed E-state index contributed by atoms with van der Waals surface area (Å²) in [4.78, 5) is 13.1. The van der Waals surface area contributed by atoms with E-state index < -0.39 is 12.0 Å². The summed E-state index contributed by atoms with van der Waals surface area (Å²) >= 11 is 0. The molecule has 0 aliphatic rings. The zero-order valence-electron chi connectivity index (χ0n) is 10.1. The summed E-state index contributed by atoms with van der Waals surface area (Å²) in [5.74, 6) is -1.10. The van der Waals surface area contributed by atoms with Crippen LogP contribution in [0.2, 0.25) is 0 Å². The third-order valence-electron chi connectivity index (χ3n) is 2.89. The zero-order chi connectivity index (χ0) is 13.0. The van der Waals surface area contributed by atoms with Gasteiger partial charge in [-0.15, -0.1) is 0 Å². The van der Waals surface area contributed by atoms with Crippen molar-refractivity contribution in [3.63, 3.8) is 0 Å². The summed E-state index contributed by atoms with van der Waals surface area (Å²) in [5.41, 5.74) is 1.56. The van der Waals surface area contributed by atoms with Crippen LogP contribution in [0.5, 0.6) is 0 Å². The molecule has 0 saturated heterocycles. The maximum Gasteiger partial charge on any atom is 0.0936 e. The van der Waals surface area contributed by atoms with E-state index in [1.807, 2.05) is 48.5 Å². The number of carboxylic acid groups (broad SMARTS) is 1. The Morgan fingerprint density at radius 3 is 2.00 bits per heavy atom. The first-order chi connectivity index (χ1) is 8.70. The minimum atomic E-state index is -1.10. The van der Waals surface area contributed by atoms with Gasteiger partial charge in [0.15, 0.2) is 0 Å². The van der Waals surface area contributed by atoms with E-state index in [2.05, 4.69) is 0 Å². The normalized spacial score (nSPS) is 11.8. The van der Waals surface area contributed by atoms with Crippen LogP contribution < -0.4 is 10.0 Å². The number of hydrogen-bond acceptors (Lipinski definition) is 3. The molecular formula is C15H14NO2-. The number of likely N-dealkylation sites (N-methyl/N-ethyl adjacent to an activating group) is 1. The molecule has 2 aromatic carbocycles. The SMILES string of the molecule is CN(c1ccccc1)C(C(=O)[O-])c1ccccc1. The Morgan fingerprint density at radius 2 is 1.50 bits per heavy atom. The van der Waals surface area contributed by atoms with Crippen LogP contribution in [0.25, 0.3) is 0 Å². The van der Waals surface area contributed by atoms with Crippen molar-refractivity contribution in [2.24, 2.45) is 0 Å². The van der Waals surface area contributed by atoms with E-state index >= 15 is 0 Å². The van der Waals surface area contributed by atoms with Crippen LogP contribution in [0, 0.1) is 0 Å². The summed E-state index contributed by atoms with van der Waals surface area (Å²) in [6.07, 6.45) is 0. The van der Waals surface area contributed by atoms with Crippen LogP contribution in [0.1, 0.15) is 11.6 Å². The quantitative estimate of drug-likeness (QED) is 0.815. The van der Waals surface area contributed by atoms with Crippen LogP contribution in [0.15, 0.2) is 60.7 Å². The lowest BCUT2D eigenvalue weighted by molar-refractivity contribution is -0.307. The monoisotopic (exact) mass is 240 g/mol. The van der Waals surface area contributed by atoms with Gasteiger partial charge in [0.05, 0.1) is 12.0 Å². The topological polar surface area (TPSA) is 43.4 Å². The van der Waals surface area contributed by atoms with Crippen molar-refractivity contribution in [2.45, 2.75) is 6.04 Å². The molecule has 3 nitrogen and oxygen atoms in total. The van der Waals surface area contributed by atoms with E-state index in [-0.39, 0.29) is 0 Å². The second kappa shape index (κ2) is 5.36. The molecule has 2 aromatic rings. The highest BCUT2D eigenvalue weighted by Crippen LogP contribution is 2.24. The van der Waals surface area contributed by atoms with Gasteiger partial charge in [0.25, 0.3) is 0 Å². The predicted molar refractivity (Wildman–Crippen MR) is 69.0 cm³/mol. The van der Waals surface area contributed by atoms with Crippen molar-refractivity contribution < 1.29 is 9.90 Å². The number of benzene rings is 2. The Balaban J connectivity index is 2.35. The molecule has 0 aliphatic heterocycles. The largest absolute Gasteiger partial charge is 0.548 e. The molecule has 0 amide bonds. The molecule has 0 saturated carbocycles. The molecule has 92 valence electrons. The molecule has 0 aliphatic carbocycles. The highest BCUT2D eigenvalue weighted by molar-refractivity contribution is 5.78. The number of rotatable bonds is 4. The maximum atomic E-state index is 11.4. The Bertz CT molecular complexity index is 511. The molecule has 0 aromatic heterocycles. The van der Waals surface area contributed by atoms with Gasteiger partial charge in [-0.05, 0) is 17.7 Å². The van der Waals surface area contributed by atoms with E-state index in [1.165, 1.54) is 0 Å². The molecule has 0 fully saturated rings. The average Bonchev–Trinajstić information content (AvgIpc) is 2.40. The fraction of sp³-hybridized carbons (Fsp3) is 0.133. The number of carbonyl (C=O) groups excluding carboxylic acids is 1. The van der Waals surface area contributed by atoms with E-state index in [1.54, 1.807) is 24.1 Å². The average molecular weight is 240 g/mol. The first-order valence-electron chi connectivity index (χ1n) is 5.74. The van der Waals surface area contributed by atoms with Crippen molar-refractivity contribution in [2.75, 3.05) is 11.9 Å². The highest BCUT2D eigenvalue weighted by atomic mass is 16.4. The maximum absolute atomic E-state index is 11.4. The van der Waals surface area contributed by atoms with Gasteiger partial charge in [0, 0.05) is 12.7 Å². The van der Waals surface area contributed by atoms with Gasteiger partial charge in [-0.3, -0.25) is 0 Å². The number of carboxylic acids is 1. The molecule has 0 heterocycles. The second-order valence-corrected chi connectivity index (χ2v) is 4.08. The van der Waals surface area contributed by atoms with E-state index in [9.17, 15) is 9.90 Å². The molecular weight excluding hydrogens is 226 g/mol. The van der Waals surface area contributed by atoms with E-state index in [0.717, 1.165) is 5.69 Å². The van der Waals surface area contributed by atoms with Crippen LogP contribution in [0.3, 0.4) is 0 Å². The summed E-state index contributed by atoms with van der Waals surface area (Å²) in [6, 6.07) is 17.7. The van der Waals surface area contributed by atoms with Crippen molar-refractivity contribution in [1.82, 2.24) is 0 Å². The Morgan fingerprint density at radius 1 is 1.00 bits per heavy atom. The van der Waals surface area contributed by atoms with E-state index in [4.69, 9.17) is 0 Å². The lowest BCUT2D eigenvalue weighted by atomic mass is 10.1. The summed E-state index contributed by atoms with van der Waals surface area (Å²) in [6.45, 7) is 0. The van der Waals surface area contributed by atoms with Gasteiger partial charge in [0.1, 0.15) is 0 Å². The lowest BCUT2D eigenvalue weighted by Gasteiger charge is -2.31. The van der Waals surface area contributed by atoms with Crippen molar-refractivity contribution in [1.29, 1.82) is 0 Å². The summed E-state index contributed by atoms with van der Waals surface area (Å²) < 4.78 is 0. The Hall–Kier alpha value is -2.29. The number of carbonyl (C=O) groups is 1. The van der Waals surface area contributed by atoms with Crippen LogP contribution in [0.4, 0.5) is 5.69 Å². The number of hydrogen-bond donors (Lipinski definition) is 0. The summed E-state index contributed by atoms with van der Waals surface area (Å²) in [5, 5.41) is 11.4. The van der Waals surface area contributed by atoms with Crippen molar-refractivity contribution in [3.8, 4) is 0 Å². The van der Waals surface area contributed by atoms with Gasteiger partial charge in [-0.1, -0.05) is 48.5 Å². The fourth-order valence-electron chi connectivity index (χ4n) is 1.97. The Kier molecular flexibility index (Phi) is 3.63. The Labute approximate surface area is 106 Å². The fourth-order valence-corrected chi connectivity index (χ4v) is 1.97. The minimum Gasteiger partial charge on any atom is -0.548 e. The molecule has 18 heavy (non-hydrogen) atoms. The first kappa shape index (κ1) is 12.2. The van der Waals surface area contributed by atoms with Gasteiger partial charge in [0.2, 0.25) is 0 Å². The molecule has 0 bridgehead atoms. The minimum absolute atomic E-state index is 0.712. The molecule has 1 unspecified atom stereocenters. The van der Waals surface area contributed by atoms with Gasteiger partial charge in [-0.25, -0.2) is 0 Å². The van der Waals surface area contributed by atoms with Crippen molar-refractivity contribution in [3.05, 3.63) is 66.2 Å². The molecule has 1 atom stereocenters. The third kappa shape index (κ3) is 2.51. The van der Waals surface area contributed by atoms with Crippen LogP contribution in [-0.2, 0) is 4.79 Å². The zero-order valence-corrected chi connectivity index (χ0v) is 10.1. The molecule has 0 N–H and O–H groups in total. The first-order valence-corrected chi connectivity index (χ1v) is 5.74. The van der Waals surface area contributed by atoms with Gasteiger partial charge >= 0.3 is 0 Å². The lowest BCUT2D eigenvalue weighted by Crippen LogP contribution is -2.39. The van der Waals surface area contributed by atoms with Crippen molar-refractivity contribution >= 4 is 11.7 Å². The smallest absolute Gasteiger partial charge is 0.0936 e. The van der Waals surface area contributed by atoms with Crippen LogP contribution in [-0.4, -0.2) is 13.0 Å². The molecule has 3 heteroatoms. The highest BCUT2D eigenvalue weighted by Gasteiger charge is 2.18. The standard InChI is InChI=1S/C15H15NO2/c1-16(13-10-6-3-7-11-13)14(15(17)18)12-8-4-2-5-9-12/h2-11,14H,1H3,(H,17,18)/p-1. The van der Waals surface area contributed by atoms with E-state index in [0.29, 0.717) is 5.56 Å². The van der Waals surface area contributed by atoms with Gasteiger partial charge < -0.3 is 14.8 Å². The molecule has 0 spiro atoms. The summed E-state index contributed by atoms with van der Waals surface area (Å²) in [7, 11) is 1.75. The number of nitrogens with zero attached hydrogens (tertiary/aromatic N) is 1.